The van der Waals surface area contributed by atoms with Gasteiger partial charge in [0.2, 0.25) is 0 Å². The molecule has 0 saturated heterocycles. The van der Waals surface area contributed by atoms with E-state index in [2.05, 4.69) is 174 Å². The van der Waals surface area contributed by atoms with Gasteiger partial charge in [0.05, 0.1) is 0 Å². The Hall–Kier alpha value is -5.54. The van der Waals surface area contributed by atoms with Crippen molar-refractivity contribution in [3.05, 3.63) is 164 Å². The van der Waals surface area contributed by atoms with E-state index in [0.717, 1.165) is 0 Å². The first-order valence-electron chi connectivity index (χ1n) is 14.9. The molecule has 2 aliphatic rings. The van der Waals surface area contributed by atoms with E-state index in [9.17, 15) is 0 Å². The summed E-state index contributed by atoms with van der Waals surface area (Å²) in [6, 6.07) is 59.7. The van der Waals surface area contributed by atoms with Gasteiger partial charge in [0.15, 0.2) is 0 Å². The number of fused-ring (bicyclic) bond motifs is 5. The topological polar surface area (TPSA) is 6.48 Å². The Morgan fingerprint density at radius 3 is 1.93 bits per heavy atom. The molecule has 200 valence electrons. The largest absolute Gasteiger partial charge is 0.376 e. The number of hydrogen-bond acceptors (Lipinski definition) is 2. The van der Waals surface area contributed by atoms with Crippen LogP contribution in [0.25, 0.3) is 33.0 Å². The molecule has 3 heteroatoms. The van der Waals surface area contributed by atoms with E-state index in [0.29, 0.717) is 0 Å². The van der Waals surface area contributed by atoms with E-state index in [1.54, 1.807) is 0 Å². The van der Waals surface area contributed by atoms with Crippen molar-refractivity contribution in [2.75, 3.05) is 9.71 Å². The molecule has 0 saturated carbocycles. The first-order valence-corrected chi connectivity index (χ1v) is 14.9. The van der Waals surface area contributed by atoms with E-state index < -0.39 is 0 Å². The van der Waals surface area contributed by atoms with Crippen LogP contribution >= 0.6 is 0 Å². The molecule has 43 heavy (non-hydrogen) atoms. The minimum atomic E-state index is 0.000821. The number of para-hydroxylation sites is 3. The molecule has 7 aromatic rings. The predicted molar refractivity (Wildman–Crippen MR) is 183 cm³/mol. The van der Waals surface area contributed by atoms with Crippen LogP contribution in [0.5, 0.6) is 0 Å². The first-order chi connectivity index (χ1) is 21.4. The van der Waals surface area contributed by atoms with E-state index in [-0.39, 0.29) is 6.85 Å². The van der Waals surface area contributed by atoms with Gasteiger partial charge in [0, 0.05) is 39.6 Å². The molecule has 0 aromatic heterocycles. The molecule has 0 aliphatic carbocycles. The molecule has 2 aliphatic heterocycles. The van der Waals surface area contributed by atoms with E-state index >= 15 is 0 Å². The van der Waals surface area contributed by atoms with Crippen molar-refractivity contribution in [1.29, 1.82) is 0 Å². The Morgan fingerprint density at radius 2 is 1.07 bits per heavy atom. The van der Waals surface area contributed by atoms with E-state index in [1.807, 2.05) is 0 Å². The van der Waals surface area contributed by atoms with Gasteiger partial charge in [-0.2, -0.15) is 0 Å². The van der Waals surface area contributed by atoms with Crippen LogP contribution in [-0.2, 0) is 0 Å². The maximum atomic E-state index is 2.61. The Balaban J connectivity index is 1.40. The molecular weight excluding hydrogens is 519 g/mol. The molecule has 0 bridgehead atoms. The summed E-state index contributed by atoms with van der Waals surface area (Å²) in [4.78, 5) is 5.05. The Morgan fingerprint density at radius 1 is 0.419 bits per heavy atom. The van der Waals surface area contributed by atoms with Gasteiger partial charge < -0.3 is 9.71 Å². The van der Waals surface area contributed by atoms with Gasteiger partial charge in [0.25, 0.3) is 0 Å². The summed E-state index contributed by atoms with van der Waals surface area (Å²) in [6.45, 7) is 0.000821. The number of anilines is 5. The SMILES string of the molecule is c1ccc(-c2c(N3B4c5ccccc5N(c5ccccc5)c5cccc(c54)-c4ccccc43)ccc3ccccc23)cc1. The maximum absolute atomic E-state index is 2.61. The van der Waals surface area contributed by atoms with E-state index in [1.165, 1.54) is 72.4 Å². The van der Waals surface area contributed by atoms with Gasteiger partial charge in [-0.1, -0.05) is 127 Å². The molecule has 0 N–H and O–H groups in total. The second-order valence-corrected chi connectivity index (χ2v) is 11.3. The molecular formula is C40H27BN2. The summed E-state index contributed by atoms with van der Waals surface area (Å²) in [5.74, 6) is 0. The van der Waals surface area contributed by atoms with Crippen molar-refractivity contribution in [3.63, 3.8) is 0 Å². The molecule has 0 radical (unpaired) electrons. The molecule has 7 aromatic carbocycles. The Labute approximate surface area is 252 Å². The van der Waals surface area contributed by atoms with Crippen LogP contribution in [0.3, 0.4) is 0 Å². The summed E-state index contributed by atoms with van der Waals surface area (Å²) in [5, 5.41) is 2.51. The summed E-state index contributed by atoms with van der Waals surface area (Å²) >= 11 is 0. The fourth-order valence-corrected chi connectivity index (χ4v) is 7.29. The molecule has 2 nitrogen and oxygen atoms in total. The van der Waals surface area contributed by atoms with Crippen molar-refractivity contribution >= 4 is 57.0 Å². The normalized spacial score (nSPS) is 13.0. The van der Waals surface area contributed by atoms with Crippen LogP contribution in [0.4, 0.5) is 28.4 Å². The zero-order chi connectivity index (χ0) is 28.3. The molecule has 2 heterocycles. The molecule has 0 fully saturated rings. The van der Waals surface area contributed by atoms with Crippen LogP contribution in [0.2, 0.25) is 0 Å². The lowest BCUT2D eigenvalue weighted by Crippen LogP contribution is -2.61. The van der Waals surface area contributed by atoms with Gasteiger partial charge in [0.1, 0.15) is 0 Å². The number of hydrogen-bond donors (Lipinski definition) is 0. The van der Waals surface area contributed by atoms with Crippen LogP contribution in [-0.4, -0.2) is 6.85 Å². The van der Waals surface area contributed by atoms with Gasteiger partial charge >= 0.3 is 6.85 Å². The minimum Gasteiger partial charge on any atom is -0.376 e. The number of benzene rings is 7. The van der Waals surface area contributed by atoms with Gasteiger partial charge in [-0.3, -0.25) is 0 Å². The quantitative estimate of drug-likeness (QED) is 0.204. The lowest BCUT2D eigenvalue weighted by Gasteiger charge is -2.46. The van der Waals surface area contributed by atoms with Crippen molar-refractivity contribution in [3.8, 4) is 22.3 Å². The highest BCUT2D eigenvalue weighted by molar-refractivity contribution is 6.93. The summed E-state index contributed by atoms with van der Waals surface area (Å²) in [6.07, 6.45) is 0. The van der Waals surface area contributed by atoms with Gasteiger partial charge in [-0.15, -0.1) is 0 Å². The van der Waals surface area contributed by atoms with Gasteiger partial charge in [-0.25, -0.2) is 0 Å². The molecule has 0 unspecified atom stereocenters. The molecule has 0 spiro atoms. The first kappa shape index (κ1) is 24.1. The van der Waals surface area contributed by atoms with Crippen molar-refractivity contribution in [1.82, 2.24) is 0 Å². The zero-order valence-corrected chi connectivity index (χ0v) is 23.6. The highest BCUT2D eigenvalue weighted by Gasteiger charge is 2.45. The summed E-state index contributed by atoms with van der Waals surface area (Å²) in [7, 11) is 0. The van der Waals surface area contributed by atoms with Crippen LogP contribution in [0, 0.1) is 0 Å². The van der Waals surface area contributed by atoms with E-state index in [4.69, 9.17) is 0 Å². The molecule has 0 atom stereocenters. The third-order valence-corrected chi connectivity index (χ3v) is 9.03. The van der Waals surface area contributed by atoms with Crippen LogP contribution in [0.1, 0.15) is 0 Å². The maximum Gasteiger partial charge on any atom is 0.333 e. The van der Waals surface area contributed by atoms with Crippen molar-refractivity contribution < 1.29 is 0 Å². The molecule has 9 rings (SSSR count). The number of nitrogens with zero attached hydrogens (tertiary/aromatic N) is 2. The Kier molecular flexibility index (Phi) is 5.33. The lowest BCUT2D eigenvalue weighted by atomic mass is 9.43. The van der Waals surface area contributed by atoms with Crippen LogP contribution < -0.4 is 20.6 Å². The smallest absolute Gasteiger partial charge is 0.333 e. The summed E-state index contributed by atoms with van der Waals surface area (Å²) in [5.41, 5.74) is 13.7. The predicted octanol–water partition coefficient (Wildman–Crippen LogP) is 9.21. The van der Waals surface area contributed by atoms with Crippen LogP contribution in [0.15, 0.2) is 164 Å². The highest BCUT2D eigenvalue weighted by Crippen LogP contribution is 2.49. The summed E-state index contributed by atoms with van der Waals surface area (Å²) < 4.78 is 0. The standard InChI is InChI=1S/C40H27BN2/c1-3-15-29(16-4-1)39-31-19-8-7-14-28(31)26-27-37(39)43-35-23-11-9-20-32(35)33-21-13-25-38-40(33)41(43)34-22-10-12-24-36(34)42(38)30-17-5-2-6-18-30/h1-27H. The monoisotopic (exact) mass is 546 g/mol. The fraction of sp³-hybridized carbons (Fsp3) is 0. The van der Waals surface area contributed by atoms with Crippen molar-refractivity contribution in [2.45, 2.75) is 0 Å². The minimum absolute atomic E-state index is 0.000821. The second-order valence-electron chi connectivity index (χ2n) is 11.3. The zero-order valence-electron chi connectivity index (χ0n) is 23.6. The van der Waals surface area contributed by atoms with Gasteiger partial charge in [-0.05, 0) is 69.2 Å². The van der Waals surface area contributed by atoms with Crippen molar-refractivity contribution in [2.24, 2.45) is 0 Å². The fourth-order valence-electron chi connectivity index (χ4n) is 7.29. The average Bonchev–Trinajstić information content (AvgIpc) is 3.09. The lowest BCUT2D eigenvalue weighted by molar-refractivity contribution is 1.27. The highest BCUT2D eigenvalue weighted by atomic mass is 15.2. The molecule has 0 amide bonds. The second kappa shape index (κ2) is 9.50. The Bertz CT molecular complexity index is 2160. The average molecular weight is 546 g/mol. The third kappa shape index (κ3) is 3.55. The third-order valence-electron chi connectivity index (χ3n) is 9.03. The number of rotatable bonds is 3.